The van der Waals surface area contributed by atoms with Crippen molar-refractivity contribution in [1.82, 2.24) is 10.3 Å². The molecule has 0 unspecified atom stereocenters. The number of benzene rings is 1. The molecule has 0 saturated carbocycles. The molecule has 1 aromatic carbocycles. The zero-order valence-electron chi connectivity index (χ0n) is 11.0. The second-order valence-corrected chi connectivity index (χ2v) is 4.55. The van der Waals surface area contributed by atoms with E-state index in [1.54, 1.807) is 19.4 Å². The van der Waals surface area contributed by atoms with Crippen molar-refractivity contribution in [3.63, 3.8) is 0 Å². The molecular weight excluding hydrogens is 247 g/mol. The predicted octanol–water partition coefficient (Wildman–Crippen LogP) is 2.46. The highest BCUT2D eigenvalue weighted by Crippen LogP contribution is 2.19. The zero-order chi connectivity index (χ0) is 13.8. The summed E-state index contributed by atoms with van der Waals surface area (Å²) in [5.41, 5.74) is 1.20. The van der Waals surface area contributed by atoms with Crippen molar-refractivity contribution in [1.29, 1.82) is 0 Å². The molecule has 2 rings (SSSR count). The molecule has 1 amide bonds. The topological polar surface area (TPSA) is 54.1 Å². The van der Waals surface area contributed by atoms with E-state index < -0.39 is 0 Å². The Morgan fingerprint density at radius 1 is 1.53 bits per heavy atom. The van der Waals surface area contributed by atoms with E-state index in [4.69, 9.17) is 4.74 Å². The molecule has 0 fully saturated rings. The Balaban J connectivity index is 2.15. The summed E-state index contributed by atoms with van der Waals surface area (Å²) in [7, 11) is 1.62. The molecule has 0 radical (unpaired) electrons. The van der Waals surface area contributed by atoms with Gasteiger partial charge in [0.1, 0.15) is 5.82 Å². The van der Waals surface area contributed by atoms with Gasteiger partial charge in [-0.25, -0.2) is 4.39 Å². The number of amides is 1. The van der Waals surface area contributed by atoms with Crippen LogP contribution in [0.4, 0.5) is 4.39 Å². The third-order valence-electron chi connectivity index (χ3n) is 3.02. The maximum Gasteiger partial charge on any atom is 0.253 e. The van der Waals surface area contributed by atoms with Crippen molar-refractivity contribution in [3.05, 3.63) is 35.8 Å². The molecule has 0 bridgehead atoms. The minimum atomic E-state index is -0.353. The predicted molar refractivity (Wildman–Crippen MR) is 71.7 cm³/mol. The number of nitrogens with one attached hydrogen (secondary N) is 2. The molecule has 0 saturated heterocycles. The maximum absolute atomic E-state index is 13.2. The fraction of sp³-hybridized carbons (Fsp3) is 0.357. The minimum absolute atomic E-state index is 0.00552. The molecule has 102 valence electrons. The first-order valence-electron chi connectivity index (χ1n) is 6.18. The van der Waals surface area contributed by atoms with Gasteiger partial charge < -0.3 is 15.0 Å². The van der Waals surface area contributed by atoms with Crippen LogP contribution in [0.5, 0.6) is 0 Å². The Morgan fingerprint density at radius 3 is 3.05 bits per heavy atom. The van der Waals surface area contributed by atoms with Gasteiger partial charge in [0.25, 0.3) is 5.91 Å². The molecule has 0 aliphatic heterocycles. The quantitative estimate of drug-likeness (QED) is 0.871. The second kappa shape index (κ2) is 5.84. The number of halogens is 1. The highest BCUT2D eigenvalue weighted by molar-refractivity contribution is 6.06. The molecule has 0 spiro atoms. The Morgan fingerprint density at radius 2 is 2.32 bits per heavy atom. The lowest BCUT2D eigenvalue weighted by molar-refractivity contribution is 0.0931. The lowest BCUT2D eigenvalue weighted by atomic mass is 10.1. The first-order chi connectivity index (χ1) is 9.11. The third-order valence-corrected chi connectivity index (χ3v) is 3.02. The zero-order valence-corrected chi connectivity index (χ0v) is 11.0. The van der Waals surface area contributed by atoms with Gasteiger partial charge in [-0.1, -0.05) is 0 Å². The fourth-order valence-electron chi connectivity index (χ4n) is 1.95. The number of ether oxygens (including phenoxy) is 1. The van der Waals surface area contributed by atoms with Crippen LogP contribution in [-0.2, 0) is 4.74 Å². The Labute approximate surface area is 111 Å². The summed E-state index contributed by atoms with van der Waals surface area (Å²) in [4.78, 5) is 15.1. The molecule has 19 heavy (non-hydrogen) atoms. The number of fused-ring (bicyclic) bond motifs is 1. The number of methoxy groups -OCH3 is 1. The first kappa shape index (κ1) is 13.5. The van der Waals surface area contributed by atoms with E-state index in [0.717, 1.165) is 11.9 Å². The first-order valence-corrected chi connectivity index (χ1v) is 6.18. The number of rotatable bonds is 5. The summed E-state index contributed by atoms with van der Waals surface area (Å²) in [6.07, 6.45) is 2.33. The number of hydrogen-bond donors (Lipinski definition) is 2. The fourth-order valence-corrected chi connectivity index (χ4v) is 1.95. The second-order valence-electron chi connectivity index (χ2n) is 4.55. The van der Waals surface area contributed by atoms with Crippen LogP contribution in [0.15, 0.2) is 24.4 Å². The number of H-pyrrole nitrogens is 1. The molecule has 5 heteroatoms. The standard InChI is InChI=1S/C14H17FN2O2/c1-9(5-6-19-2)17-14(18)12-8-16-13-4-3-10(15)7-11(12)13/h3-4,7-9,16H,5-6H2,1-2H3,(H,17,18)/t9-/m1/s1. The van der Waals surface area contributed by atoms with E-state index in [1.807, 2.05) is 6.92 Å². The Kier molecular flexibility index (Phi) is 4.16. The van der Waals surface area contributed by atoms with Gasteiger partial charge >= 0.3 is 0 Å². The molecule has 0 aliphatic carbocycles. The summed E-state index contributed by atoms with van der Waals surface area (Å²) in [6.45, 7) is 2.50. The molecule has 4 nitrogen and oxygen atoms in total. The van der Waals surface area contributed by atoms with E-state index in [1.165, 1.54) is 12.1 Å². The van der Waals surface area contributed by atoms with Crippen LogP contribution in [-0.4, -0.2) is 30.6 Å². The van der Waals surface area contributed by atoms with Crippen LogP contribution in [0.25, 0.3) is 10.9 Å². The molecule has 1 atom stereocenters. The lowest BCUT2D eigenvalue weighted by Crippen LogP contribution is -2.33. The van der Waals surface area contributed by atoms with Crippen molar-refractivity contribution in [2.45, 2.75) is 19.4 Å². The normalized spacial score (nSPS) is 12.6. The molecule has 0 aliphatic rings. The van der Waals surface area contributed by atoms with Crippen LogP contribution >= 0.6 is 0 Å². The van der Waals surface area contributed by atoms with Crippen molar-refractivity contribution < 1.29 is 13.9 Å². The number of aromatic nitrogens is 1. The van der Waals surface area contributed by atoms with E-state index in [9.17, 15) is 9.18 Å². The maximum atomic E-state index is 13.2. The summed E-state index contributed by atoms with van der Waals surface area (Å²) in [6, 6.07) is 4.35. The summed E-state index contributed by atoms with van der Waals surface area (Å²) >= 11 is 0. The van der Waals surface area contributed by atoms with Crippen LogP contribution in [0.2, 0.25) is 0 Å². The molecule has 2 aromatic rings. The number of aromatic amines is 1. The van der Waals surface area contributed by atoms with Crippen molar-refractivity contribution >= 4 is 16.8 Å². The smallest absolute Gasteiger partial charge is 0.253 e. The molecule has 2 N–H and O–H groups in total. The van der Waals surface area contributed by atoms with E-state index in [-0.39, 0.29) is 17.8 Å². The van der Waals surface area contributed by atoms with Gasteiger partial charge in [0, 0.05) is 36.9 Å². The Hall–Kier alpha value is -1.88. The minimum Gasteiger partial charge on any atom is -0.385 e. The van der Waals surface area contributed by atoms with Crippen molar-refractivity contribution in [2.75, 3.05) is 13.7 Å². The number of carbonyl (C=O) groups is 1. The van der Waals surface area contributed by atoms with Crippen LogP contribution < -0.4 is 5.32 Å². The van der Waals surface area contributed by atoms with Crippen molar-refractivity contribution in [2.24, 2.45) is 0 Å². The Bertz CT molecular complexity index is 580. The third kappa shape index (κ3) is 3.12. The number of hydrogen-bond acceptors (Lipinski definition) is 2. The van der Waals surface area contributed by atoms with Gasteiger partial charge in [-0.15, -0.1) is 0 Å². The summed E-state index contributed by atoms with van der Waals surface area (Å²) in [5, 5.41) is 3.46. The van der Waals surface area contributed by atoms with Gasteiger partial charge in [0.15, 0.2) is 0 Å². The molecule has 1 aromatic heterocycles. The van der Waals surface area contributed by atoms with Crippen LogP contribution in [0.1, 0.15) is 23.7 Å². The lowest BCUT2D eigenvalue weighted by Gasteiger charge is -2.12. The van der Waals surface area contributed by atoms with Crippen LogP contribution in [0, 0.1) is 5.82 Å². The van der Waals surface area contributed by atoms with E-state index >= 15 is 0 Å². The highest BCUT2D eigenvalue weighted by atomic mass is 19.1. The van der Waals surface area contributed by atoms with E-state index in [0.29, 0.717) is 17.6 Å². The average Bonchev–Trinajstić information content (AvgIpc) is 2.79. The SMILES string of the molecule is COCC[C@@H](C)NC(=O)c1c[nH]c2ccc(F)cc12. The van der Waals surface area contributed by atoms with Gasteiger partial charge in [-0.2, -0.15) is 0 Å². The molecular formula is C14H17FN2O2. The number of carbonyl (C=O) groups excluding carboxylic acids is 1. The summed E-state index contributed by atoms with van der Waals surface area (Å²) in [5.74, 6) is -0.561. The van der Waals surface area contributed by atoms with Gasteiger partial charge in [0.05, 0.1) is 5.56 Å². The van der Waals surface area contributed by atoms with E-state index in [2.05, 4.69) is 10.3 Å². The van der Waals surface area contributed by atoms with Crippen molar-refractivity contribution in [3.8, 4) is 0 Å². The largest absolute Gasteiger partial charge is 0.385 e. The molecule has 1 heterocycles. The van der Waals surface area contributed by atoms with Gasteiger partial charge in [-0.3, -0.25) is 4.79 Å². The van der Waals surface area contributed by atoms with Gasteiger partial charge in [-0.05, 0) is 31.5 Å². The average molecular weight is 264 g/mol. The summed E-state index contributed by atoms with van der Waals surface area (Å²) < 4.78 is 18.2. The van der Waals surface area contributed by atoms with Crippen LogP contribution in [0.3, 0.4) is 0 Å². The van der Waals surface area contributed by atoms with Gasteiger partial charge in [0.2, 0.25) is 0 Å². The highest BCUT2D eigenvalue weighted by Gasteiger charge is 2.14. The monoisotopic (exact) mass is 264 g/mol.